The number of ether oxygens (including phenoxy) is 1. The molecule has 1 heterocycles. The van der Waals surface area contributed by atoms with Gasteiger partial charge in [0, 0.05) is 24.0 Å². The third-order valence-corrected chi connectivity index (χ3v) is 3.84. The summed E-state index contributed by atoms with van der Waals surface area (Å²) < 4.78 is 10.9. The van der Waals surface area contributed by atoms with Crippen molar-refractivity contribution in [1.82, 2.24) is 0 Å². The van der Waals surface area contributed by atoms with Gasteiger partial charge < -0.3 is 20.2 Å². The molecule has 5 nitrogen and oxygen atoms in total. The summed E-state index contributed by atoms with van der Waals surface area (Å²) in [5.41, 5.74) is 7.54. The summed E-state index contributed by atoms with van der Waals surface area (Å²) in [4.78, 5) is 4.31. The number of nitrogens with one attached hydrogen (secondary N) is 1. The number of benzene rings is 2. The lowest BCUT2D eigenvalue weighted by Crippen LogP contribution is -2.23. The Morgan fingerprint density at radius 3 is 2.76 bits per heavy atom. The molecule has 0 aliphatic heterocycles. The lowest BCUT2D eigenvalue weighted by Gasteiger charge is -2.08. The number of guanidine groups is 1. The highest BCUT2D eigenvalue weighted by Gasteiger charge is 2.04. The van der Waals surface area contributed by atoms with Gasteiger partial charge in [-0.1, -0.05) is 29.8 Å². The average molecular weight is 472 g/mol. The molecule has 3 aromatic rings. The minimum atomic E-state index is 0. The van der Waals surface area contributed by atoms with Gasteiger partial charge in [0.25, 0.3) is 0 Å². The van der Waals surface area contributed by atoms with Crippen LogP contribution in [0.4, 0.5) is 5.69 Å². The monoisotopic (exact) mass is 471 g/mol. The molecule has 0 radical (unpaired) electrons. The van der Waals surface area contributed by atoms with E-state index in [1.165, 1.54) is 0 Å². The Balaban J connectivity index is 0.00000225. The standard InChI is InChI=1S/C18H18ClN3O2.HI/c1-23-17-7-6-13(11-15(17)19)22-18(20)21-9-8-14-10-12-4-2-3-5-16(12)24-14;/h2-7,10-11H,8-9H2,1H3,(H3,20,21,22);1H. The van der Waals surface area contributed by atoms with Crippen LogP contribution < -0.4 is 15.8 Å². The minimum Gasteiger partial charge on any atom is -0.495 e. The first kappa shape index (κ1) is 19.4. The van der Waals surface area contributed by atoms with E-state index >= 15 is 0 Å². The molecule has 0 amide bonds. The molecule has 0 saturated heterocycles. The van der Waals surface area contributed by atoms with E-state index in [2.05, 4.69) is 10.3 Å². The number of nitrogens with two attached hydrogens (primary N) is 1. The molecular weight excluding hydrogens is 453 g/mol. The van der Waals surface area contributed by atoms with E-state index in [1.807, 2.05) is 36.4 Å². The first-order valence-corrected chi connectivity index (χ1v) is 7.91. The Morgan fingerprint density at radius 2 is 2.04 bits per heavy atom. The molecular formula is C18H19ClIN3O2. The quantitative estimate of drug-likeness (QED) is 0.322. The van der Waals surface area contributed by atoms with E-state index in [1.54, 1.807) is 19.2 Å². The normalized spacial score (nSPS) is 11.2. The summed E-state index contributed by atoms with van der Waals surface area (Å²) in [6, 6.07) is 15.3. The number of furan rings is 1. The fourth-order valence-corrected chi connectivity index (χ4v) is 2.64. The topological polar surface area (TPSA) is 72.8 Å². The molecule has 0 fully saturated rings. The number of fused-ring (bicyclic) bond motifs is 1. The number of anilines is 1. The molecule has 2 aromatic carbocycles. The van der Waals surface area contributed by atoms with Crippen molar-refractivity contribution < 1.29 is 9.15 Å². The van der Waals surface area contributed by atoms with E-state index in [0.29, 0.717) is 29.7 Å². The molecule has 0 aliphatic carbocycles. The maximum absolute atomic E-state index is 6.08. The van der Waals surface area contributed by atoms with Gasteiger partial charge in [-0.15, -0.1) is 24.0 Å². The van der Waals surface area contributed by atoms with Gasteiger partial charge in [-0.3, -0.25) is 4.99 Å². The second kappa shape index (κ2) is 8.96. The van der Waals surface area contributed by atoms with Gasteiger partial charge in [0.2, 0.25) is 0 Å². The van der Waals surface area contributed by atoms with Crippen LogP contribution in [0.2, 0.25) is 5.02 Å². The molecule has 132 valence electrons. The van der Waals surface area contributed by atoms with Crippen molar-refractivity contribution in [1.29, 1.82) is 0 Å². The second-order valence-corrected chi connectivity index (χ2v) is 5.65. The van der Waals surface area contributed by atoms with Crippen LogP contribution in [0.25, 0.3) is 11.0 Å². The third-order valence-electron chi connectivity index (χ3n) is 3.54. The van der Waals surface area contributed by atoms with Gasteiger partial charge in [-0.2, -0.15) is 0 Å². The van der Waals surface area contributed by atoms with Crippen LogP contribution in [-0.4, -0.2) is 19.6 Å². The zero-order valence-electron chi connectivity index (χ0n) is 13.7. The van der Waals surface area contributed by atoms with Crippen molar-refractivity contribution in [2.24, 2.45) is 10.7 Å². The van der Waals surface area contributed by atoms with Gasteiger partial charge in [-0.05, 0) is 30.3 Å². The summed E-state index contributed by atoms with van der Waals surface area (Å²) in [5, 5.41) is 4.61. The molecule has 7 heteroatoms. The lowest BCUT2D eigenvalue weighted by atomic mass is 10.2. The van der Waals surface area contributed by atoms with Crippen molar-refractivity contribution in [3.63, 3.8) is 0 Å². The number of methoxy groups -OCH3 is 1. The molecule has 3 rings (SSSR count). The number of para-hydroxylation sites is 1. The zero-order valence-corrected chi connectivity index (χ0v) is 16.7. The van der Waals surface area contributed by atoms with Crippen molar-refractivity contribution in [2.75, 3.05) is 19.0 Å². The predicted octanol–water partition coefficient (Wildman–Crippen LogP) is 4.68. The van der Waals surface area contributed by atoms with Gasteiger partial charge >= 0.3 is 0 Å². The van der Waals surface area contributed by atoms with Crippen LogP contribution in [0.15, 0.2) is 57.9 Å². The second-order valence-electron chi connectivity index (χ2n) is 5.24. The van der Waals surface area contributed by atoms with E-state index in [-0.39, 0.29) is 24.0 Å². The largest absolute Gasteiger partial charge is 0.495 e. The summed E-state index contributed by atoms with van der Waals surface area (Å²) in [6.45, 7) is 0.530. The highest BCUT2D eigenvalue weighted by atomic mass is 127. The lowest BCUT2D eigenvalue weighted by molar-refractivity contribution is 0.415. The smallest absolute Gasteiger partial charge is 0.193 e. The Hall–Kier alpha value is -1.93. The number of hydrogen-bond acceptors (Lipinski definition) is 3. The zero-order chi connectivity index (χ0) is 16.9. The minimum absolute atomic E-state index is 0. The van der Waals surface area contributed by atoms with Crippen molar-refractivity contribution in [2.45, 2.75) is 6.42 Å². The molecule has 0 atom stereocenters. The maximum atomic E-state index is 6.08. The average Bonchev–Trinajstić information content (AvgIpc) is 2.97. The number of halogens is 2. The van der Waals surface area contributed by atoms with Crippen LogP contribution in [0.5, 0.6) is 5.75 Å². The van der Waals surface area contributed by atoms with Crippen LogP contribution >= 0.6 is 35.6 Å². The summed E-state index contributed by atoms with van der Waals surface area (Å²) in [5.74, 6) is 1.83. The van der Waals surface area contributed by atoms with Gasteiger partial charge in [-0.25, -0.2) is 0 Å². The Labute approximate surface area is 168 Å². The molecule has 0 saturated carbocycles. The van der Waals surface area contributed by atoms with Crippen LogP contribution in [0.3, 0.4) is 0 Å². The number of rotatable bonds is 5. The summed E-state index contributed by atoms with van der Waals surface area (Å²) >= 11 is 6.08. The van der Waals surface area contributed by atoms with E-state index in [9.17, 15) is 0 Å². The summed E-state index contributed by atoms with van der Waals surface area (Å²) in [6.07, 6.45) is 0.681. The maximum Gasteiger partial charge on any atom is 0.193 e. The number of nitrogens with zero attached hydrogens (tertiary/aromatic N) is 1. The Kier molecular flexibility index (Phi) is 6.95. The highest BCUT2D eigenvalue weighted by Crippen LogP contribution is 2.27. The first-order chi connectivity index (χ1) is 11.7. The van der Waals surface area contributed by atoms with E-state index in [4.69, 9.17) is 26.5 Å². The number of hydrogen-bond donors (Lipinski definition) is 2. The van der Waals surface area contributed by atoms with Crippen molar-refractivity contribution in [3.05, 3.63) is 59.3 Å². The van der Waals surface area contributed by atoms with Gasteiger partial charge in [0.05, 0.1) is 12.1 Å². The molecule has 0 unspecified atom stereocenters. The third kappa shape index (κ3) is 5.02. The van der Waals surface area contributed by atoms with Crippen molar-refractivity contribution in [3.8, 4) is 5.75 Å². The van der Waals surface area contributed by atoms with Crippen LogP contribution in [0.1, 0.15) is 5.76 Å². The fraction of sp³-hybridized carbons (Fsp3) is 0.167. The van der Waals surface area contributed by atoms with E-state index in [0.717, 1.165) is 22.4 Å². The molecule has 0 bridgehead atoms. The summed E-state index contributed by atoms with van der Waals surface area (Å²) in [7, 11) is 1.57. The highest BCUT2D eigenvalue weighted by molar-refractivity contribution is 14.0. The SMILES string of the molecule is COc1ccc(NC(N)=NCCc2cc3ccccc3o2)cc1Cl.I. The molecule has 0 aliphatic rings. The Morgan fingerprint density at radius 1 is 1.24 bits per heavy atom. The predicted molar refractivity (Wildman–Crippen MR) is 113 cm³/mol. The molecule has 1 aromatic heterocycles. The first-order valence-electron chi connectivity index (χ1n) is 7.53. The van der Waals surface area contributed by atoms with Crippen molar-refractivity contribution >= 4 is 58.2 Å². The van der Waals surface area contributed by atoms with Gasteiger partial charge in [0.15, 0.2) is 5.96 Å². The van der Waals surface area contributed by atoms with Gasteiger partial charge in [0.1, 0.15) is 17.1 Å². The van der Waals surface area contributed by atoms with Crippen LogP contribution in [-0.2, 0) is 6.42 Å². The molecule has 25 heavy (non-hydrogen) atoms. The van der Waals surface area contributed by atoms with Crippen LogP contribution in [0, 0.1) is 0 Å². The fourth-order valence-electron chi connectivity index (χ4n) is 2.38. The molecule has 3 N–H and O–H groups in total. The Bertz CT molecular complexity index is 847. The number of aliphatic imine (C=N–C) groups is 1. The molecule has 0 spiro atoms. The van der Waals surface area contributed by atoms with E-state index < -0.39 is 0 Å².